The van der Waals surface area contributed by atoms with Gasteiger partial charge in [0.2, 0.25) is 5.91 Å². The number of aliphatic hydroxyl groups is 1. The van der Waals surface area contributed by atoms with Gasteiger partial charge in [0, 0.05) is 23.9 Å². The zero-order chi connectivity index (χ0) is 20.9. The van der Waals surface area contributed by atoms with E-state index in [0.29, 0.717) is 22.3 Å². The maximum absolute atomic E-state index is 12.3. The van der Waals surface area contributed by atoms with E-state index in [1.807, 2.05) is 12.1 Å². The zero-order valence-electron chi connectivity index (χ0n) is 17.0. The topological polar surface area (TPSA) is 121 Å². The van der Waals surface area contributed by atoms with E-state index in [1.54, 1.807) is 31.0 Å². The summed E-state index contributed by atoms with van der Waals surface area (Å²) in [5.41, 5.74) is 0.651. The van der Waals surface area contributed by atoms with Crippen molar-refractivity contribution in [2.24, 2.45) is 13.0 Å². The number of benzene rings is 1. The number of methoxy groups -OCH3 is 1. The summed E-state index contributed by atoms with van der Waals surface area (Å²) in [4.78, 5) is 30.2. The number of carbonyl (C=O) groups is 2. The monoisotopic (exact) mass is 438 g/mol. The van der Waals surface area contributed by atoms with Crippen LogP contribution < -0.4 is 39.4 Å². The Morgan fingerprint density at radius 2 is 2.03 bits per heavy atom. The fourth-order valence-corrected chi connectivity index (χ4v) is 4.80. The zero-order valence-corrected chi connectivity index (χ0v) is 19.8. The van der Waals surface area contributed by atoms with Crippen LogP contribution in [0.4, 0.5) is 0 Å². The van der Waals surface area contributed by atoms with Crippen LogP contribution in [0.3, 0.4) is 0 Å². The molecule has 1 amide bonds. The summed E-state index contributed by atoms with van der Waals surface area (Å²) in [6, 6.07) is 6.91. The van der Waals surface area contributed by atoms with Crippen molar-refractivity contribution in [3.8, 4) is 17.1 Å². The number of thioether (sulfide) groups is 1. The molecule has 11 heteroatoms. The van der Waals surface area contributed by atoms with Crippen molar-refractivity contribution in [1.82, 2.24) is 19.7 Å². The first kappa shape index (κ1) is 22.8. The molecule has 3 heterocycles. The van der Waals surface area contributed by atoms with Gasteiger partial charge in [0.25, 0.3) is 0 Å². The van der Waals surface area contributed by atoms with Crippen molar-refractivity contribution in [3.05, 3.63) is 34.9 Å². The fraction of sp³-hybridized carbons (Fsp3) is 0.368. The van der Waals surface area contributed by atoms with Gasteiger partial charge in [-0.05, 0) is 31.2 Å². The molecule has 0 bridgehead atoms. The molecule has 2 aromatic rings. The molecule has 1 aromatic carbocycles. The van der Waals surface area contributed by atoms with Gasteiger partial charge in [-0.2, -0.15) is 5.10 Å². The molecule has 1 aromatic heterocycles. The third-order valence-corrected chi connectivity index (χ3v) is 6.31. The van der Waals surface area contributed by atoms with E-state index < -0.39 is 23.9 Å². The first-order chi connectivity index (χ1) is 13.8. The number of carboxylic acid groups (broad SMARTS) is 1. The molecular formula is C19H19N4NaO5S. The number of carboxylic acids is 1. The minimum Gasteiger partial charge on any atom is -0.543 e. The average molecular weight is 438 g/mol. The minimum absolute atomic E-state index is 0. The van der Waals surface area contributed by atoms with Crippen molar-refractivity contribution in [3.63, 3.8) is 0 Å². The number of aliphatic hydroxyl groups excluding tert-OH is 1. The summed E-state index contributed by atoms with van der Waals surface area (Å²) in [6.45, 7) is 1.54. The van der Waals surface area contributed by atoms with Crippen LogP contribution in [0.2, 0.25) is 0 Å². The Kier molecular flexibility index (Phi) is 6.63. The molecule has 9 nitrogen and oxygen atoms in total. The van der Waals surface area contributed by atoms with Crippen LogP contribution >= 0.6 is 11.8 Å². The molecular weight excluding hydrogens is 419 g/mol. The van der Waals surface area contributed by atoms with Gasteiger partial charge >= 0.3 is 29.6 Å². The molecule has 2 unspecified atom stereocenters. The van der Waals surface area contributed by atoms with Gasteiger partial charge < -0.3 is 24.6 Å². The van der Waals surface area contributed by atoms with Crippen molar-refractivity contribution < 1.29 is 54.1 Å². The van der Waals surface area contributed by atoms with Gasteiger partial charge in [-0.15, -0.1) is 0 Å². The summed E-state index contributed by atoms with van der Waals surface area (Å²) in [7, 11) is 3.30. The summed E-state index contributed by atoms with van der Waals surface area (Å²) in [6.07, 6.45) is -0.507. The van der Waals surface area contributed by atoms with Gasteiger partial charge in [0.15, 0.2) is 11.0 Å². The Bertz CT molecular complexity index is 1020. The molecule has 152 valence electrons. The summed E-state index contributed by atoms with van der Waals surface area (Å²) >= 11 is 1.15. The van der Waals surface area contributed by atoms with Crippen molar-refractivity contribution in [2.45, 2.75) is 30.6 Å². The predicted molar refractivity (Wildman–Crippen MR) is 101 cm³/mol. The molecule has 2 aliphatic rings. The number of β-lactam (4-membered cyclic amide) rings is 1. The smallest absolute Gasteiger partial charge is 0.543 e. The Morgan fingerprint density at radius 3 is 2.60 bits per heavy atom. The second kappa shape index (κ2) is 8.72. The second-order valence-corrected chi connectivity index (χ2v) is 8.04. The van der Waals surface area contributed by atoms with Crippen LogP contribution in [-0.4, -0.2) is 55.9 Å². The molecule has 4 rings (SSSR count). The van der Waals surface area contributed by atoms with Crippen LogP contribution in [0.15, 0.2) is 40.0 Å². The number of carbonyl (C=O) groups excluding carboxylic acids is 2. The molecule has 2 aliphatic heterocycles. The number of amides is 1. The number of hydrogen-bond donors (Lipinski definition) is 1. The van der Waals surface area contributed by atoms with E-state index in [9.17, 15) is 19.8 Å². The number of fused-ring (bicyclic) bond motifs is 1. The quantitative estimate of drug-likeness (QED) is 0.378. The van der Waals surface area contributed by atoms with E-state index >= 15 is 0 Å². The van der Waals surface area contributed by atoms with E-state index in [1.165, 1.54) is 11.8 Å². The van der Waals surface area contributed by atoms with Crippen molar-refractivity contribution in [1.29, 1.82) is 0 Å². The van der Waals surface area contributed by atoms with Crippen molar-refractivity contribution in [2.75, 3.05) is 7.11 Å². The molecule has 0 saturated carbocycles. The maximum atomic E-state index is 12.3. The fourth-order valence-electron chi connectivity index (χ4n) is 3.74. The standard InChI is InChI=1S/C19H20N4O5S.Na/c1-9(24)14-12-8-13(15(18(26)27)23(12)17(14)25)29-19-20-16(21-22(19)2)10-4-6-11(28-3)7-5-10;/h4-7,9,12,14,24H,8H2,1-3H3,(H,26,27);/q;+1/p-1/t9?,12?,14-;/m1./s1. The Balaban J connectivity index is 0.00000256. The van der Waals surface area contributed by atoms with Gasteiger partial charge in [0.05, 0.1) is 36.8 Å². The number of ether oxygens (including phenoxy) is 1. The number of hydrogen-bond acceptors (Lipinski definition) is 8. The van der Waals surface area contributed by atoms with E-state index in [0.717, 1.165) is 23.1 Å². The van der Waals surface area contributed by atoms with Crippen LogP contribution in [0.5, 0.6) is 5.75 Å². The first-order valence-corrected chi connectivity index (χ1v) is 9.82. The summed E-state index contributed by atoms with van der Waals surface area (Å²) in [5.74, 6) is -1.19. The van der Waals surface area contributed by atoms with Gasteiger partial charge in [-0.25, -0.2) is 9.67 Å². The molecule has 1 fully saturated rings. The predicted octanol–water partition coefficient (Wildman–Crippen LogP) is -2.84. The Hall–Kier alpha value is -1.85. The molecule has 30 heavy (non-hydrogen) atoms. The molecule has 3 atom stereocenters. The number of aryl methyl sites for hydroxylation is 1. The molecule has 1 saturated heterocycles. The number of aliphatic carboxylic acids is 1. The third-order valence-electron chi connectivity index (χ3n) is 5.17. The van der Waals surface area contributed by atoms with E-state index in [4.69, 9.17) is 4.74 Å². The maximum Gasteiger partial charge on any atom is 1.00 e. The molecule has 0 radical (unpaired) electrons. The summed E-state index contributed by atoms with van der Waals surface area (Å²) < 4.78 is 6.71. The van der Waals surface area contributed by atoms with Gasteiger partial charge in [0.1, 0.15) is 5.75 Å². The Labute approximate surface area is 199 Å². The number of nitrogens with zero attached hydrogens (tertiary/aromatic N) is 4. The Morgan fingerprint density at radius 1 is 1.37 bits per heavy atom. The van der Waals surface area contributed by atoms with Gasteiger partial charge in [-0.1, -0.05) is 11.8 Å². The van der Waals surface area contributed by atoms with Crippen molar-refractivity contribution >= 4 is 23.6 Å². The largest absolute Gasteiger partial charge is 1.00 e. The summed E-state index contributed by atoms with van der Waals surface area (Å²) in [5, 5.41) is 26.4. The molecule has 0 spiro atoms. The first-order valence-electron chi connectivity index (χ1n) is 9.00. The van der Waals surface area contributed by atoms with Crippen LogP contribution in [0, 0.1) is 5.92 Å². The van der Waals surface area contributed by atoms with E-state index in [2.05, 4.69) is 10.1 Å². The third kappa shape index (κ3) is 3.78. The van der Waals surface area contributed by atoms with Crippen LogP contribution in [0.25, 0.3) is 11.4 Å². The van der Waals surface area contributed by atoms with Crippen LogP contribution in [0.1, 0.15) is 13.3 Å². The van der Waals surface area contributed by atoms with Crippen LogP contribution in [-0.2, 0) is 16.6 Å². The minimum atomic E-state index is -1.41. The van der Waals surface area contributed by atoms with E-state index in [-0.39, 0.29) is 41.3 Å². The second-order valence-electron chi connectivity index (χ2n) is 6.98. The normalized spacial score (nSPS) is 21.1. The number of aromatic nitrogens is 3. The average Bonchev–Trinajstić information content (AvgIpc) is 3.20. The SMILES string of the molecule is COc1ccc(-c2nc(SC3=C(C(=O)[O-])N4C(=O)[C@H](C(C)O)C4C3)n(C)n2)cc1.[Na+]. The number of rotatable bonds is 6. The molecule has 0 aliphatic carbocycles. The van der Waals surface area contributed by atoms with Gasteiger partial charge in [-0.3, -0.25) is 4.79 Å². The molecule has 1 N–H and O–H groups in total.